The number of hydrogen-bond acceptors (Lipinski definition) is 7. The van der Waals surface area contributed by atoms with Crippen LogP contribution in [0.2, 0.25) is 0 Å². The second kappa shape index (κ2) is 10.6. The maximum Gasteiger partial charge on any atom is 0.270 e. The van der Waals surface area contributed by atoms with Crippen LogP contribution in [0.4, 0.5) is 22.7 Å². The largest absolute Gasteiger partial charge is 0.378 e. The number of benzene rings is 2. The number of nitro groups is 1. The third-order valence-electron chi connectivity index (χ3n) is 5.86. The molecule has 0 aliphatic carbocycles. The number of nitro benzene ring substituents is 1. The molecule has 0 unspecified atom stereocenters. The van der Waals surface area contributed by atoms with Crippen molar-refractivity contribution < 1.29 is 14.5 Å². The lowest BCUT2D eigenvalue weighted by Gasteiger charge is -2.30. The van der Waals surface area contributed by atoms with E-state index < -0.39 is 10.8 Å². The zero-order valence-electron chi connectivity index (χ0n) is 18.3. The Morgan fingerprint density at radius 1 is 0.970 bits per heavy atom. The summed E-state index contributed by atoms with van der Waals surface area (Å²) in [4.78, 5) is 28.1. The molecule has 2 fully saturated rings. The van der Waals surface area contributed by atoms with E-state index in [1.807, 2.05) is 29.2 Å². The highest BCUT2D eigenvalue weighted by molar-refractivity contribution is 7.80. The van der Waals surface area contributed by atoms with E-state index in [2.05, 4.69) is 15.5 Å². The molecule has 0 spiro atoms. The molecule has 0 bridgehead atoms. The molecule has 0 radical (unpaired) electrons. The topological polar surface area (TPSA) is 100.0 Å². The minimum atomic E-state index is -0.514. The van der Waals surface area contributed by atoms with Crippen molar-refractivity contribution in [3.05, 3.63) is 58.1 Å². The van der Waals surface area contributed by atoms with Gasteiger partial charge in [-0.15, -0.1) is 0 Å². The van der Waals surface area contributed by atoms with Gasteiger partial charge in [0.1, 0.15) is 0 Å². The van der Waals surface area contributed by atoms with Crippen LogP contribution in [-0.4, -0.2) is 55.3 Å². The van der Waals surface area contributed by atoms with Crippen LogP contribution < -0.4 is 20.4 Å². The fourth-order valence-electron chi connectivity index (χ4n) is 4.14. The third kappa shape index (κ3) is 5.77. The van der Waals surface area contributed by atoms with Crippen LogP contribution in [0.15, 0.2) is 42.5 Å². The molecule has 0 saturated carbocycles. The van der Waals surface area contributed by atoms with Crippen LogP contribution in [0.5, 0.6) is 0 Å². The Bertz CT molecular complexity index is 1020. The number of rotatable bonds is 5. The number of non-ortho nitro benzene ring substituents is 1. The van der Waals surface area contributed by atoms with E-state index in [9.17, 15) is 14.9 Å². The standard InChI is InChI=1S/C23H27N5O4S/c29-22(20-16-19(28(30)31)8-9-21(20)27-12-14-32-15-13-27)25-23(33)24-17-4-6-18(7-5-17)26-10-2-1-3-11-26/h4-9,16H,1-3,10-15H2,(H2,24,25,29,33). The molecule has 2 saturated heterocycles. The van der Waals surface area contributed by atoms with E-state index in [4.69, 9.17) is 17.0 Å². The maximum absolute atomic E-state index is 13.0. The van der Waals surface area contributed by atoms with E-state index in [0.717, 1.165) is 18.8 Å². The van der Waals surface area contributed by atoms with Gasteiger partial charge in [-0.25, -0.2) is 0 Å². The summed E-state index contributed by atoms with van der Waals surface area (Å²) < 4.78 is 5.38. The molecule has 4 rings (SSSR count). The first-order chi connectivity index (χ1) is 16.0. The van der Waals surface area contributed by atoms with E-state index in [1.165, 1.54) is 37.1 Å². The first-order valence-electron chi connectivity index (χ1n) is 11.1. The Hall–Kier alpha value is -3.24. The molecule has 2 heterocycles. The molecule has 0 aromatic heterocycles. The van der Waals surface area contributed by atoms with Crippen molar-refractivity contribution in [2.24, 2.45) is 0 Å². The molecule has 33 heavy (non-hydrogen) atoms. The van der Waals surface area contributed by atoms with E-state index in [0.29, 0.717) is 32.0 Å². The van der Waals surface area contributed by atoms with Gasteiger partial charge in [0.25, 0.3) is 11.6 Å². The molecular formula is C23H27N5O4S. The molecule has 0 atom stereocenters. The van der Waals surface area contributed by atoms with Crippen molar-refractivity contribution in [2.45, 2.75) is 19.3 Å². The van der Waals surface area contributed by atoms with Gasteiger partial charge in [0.2, 0.25) is 0 Å². The van der Waals surface area contributed by atoms with E-state index in [-0.39, 0.29) is 16.4 Å². The quantitative estimate of drug-likeness (QED) is 0.390. The molecule has 2 N–H and O–H groups in total. The Balaban J connectivity index is 1.44. The zero-order chi connectivity index (χ0) is 23.2. The molecule has 2 aromatic rings. The SMILES string of the molecule is O=C(NC(=S)Nc1ccc(N2CCCCC2)cc1)c1cc([N+](=O)[O-])ccc1N1CCOCC1. The van der Waals surface area contributed by atoms with Crippen molar-refractivity contribution in [1.82, 2.24) is 5.32 Å². The predicted molar refractivity (Wildman–Crippen MR) is 132 cm³/mol. The normalized spacial score (nSPS) is 16.2. The van der Waals surface area contributed by atoms with Gasteiger partial charge < -0.3 is 19.9 Å². The first kappa shape index (κ1) is 22.9. The maximum atomic E-state index is 13.0. The van der Waals surface area contributed by atoms with Crippen LogP contribution in [0.1, 0.15) is 29.6 Å². The third-order valence-corrected chi connectivity index (χ3v) is 6.06. The highest BCUT2D eigenvalue weighted by atomic mass is 32.1. The van der Waals surface area contributed by atoms with Gasteiger partial charge in [-0.05, 0) is 61.8 Å². The second-order valence-corrected chi connectivity index (χ2v) is 8.47. The summed E-state index contributed by atoms with van der Waals surface area (Å²) in [5.41, 5.74) is 2.60. The van der Waals surface area contributed by atoms with Crippen LogP contribution >= 0.6 is 12.2 Å². The number of nitrogens with zero attached hydrogens (tertiary/aromatic N) is 3. The van der Waals surface area contributed by atoms with Crippen molar-refractivity contribution >= 4 is 46.0 Å². The van der Waals surface area contributed by atoms with Crippen molar-refractivity contribution in [3.63, 3.8) is 0 Å². The molecular weight excluding hydrogens is 442 g/mol. The molecule has 2 aliphatic heterocycles. The zero-order valence-corrected chi connectivity index (χ0v) is 19.1. The van der Waals surface area contributed by atoms with E-state index >= 15 is 0 Å². The Morgan fingerprint density at radius 2 is 1.67 bits per heavy atom. The monoisotopic (exact) mass is 469 g/mol. The van der Waals surface area contributed by atoms with Crippen molar-refractivity contribution in [1.29, 1.82) is 0 Å². The number of anilines is 3. The van der Waals surface area contributed by atoms with Gasteiger partial charge in [-0.2, -0.15) is 0 Å². The van der Waals surface area contributed by atoms with Crippen LogP contribution in [-0.2, 0) is 4.74 Å². The van der Waals surface area contributed by atoms with Crippen molar-refractivity contribution in [2.75, 3.05) is 54.5 Å². The lowest BCUT2D eigenvalue weighted by molar-refractivity contribution is -0.384. The van der Waals surface area contributed by atoms with Crippen LogP contribution in [0.25, 0.3) is 0 Å². The Morgan fingerprint density at radius 3 is 2.33 bits per heavy atom. The number of morpholine rings is 1. The minimum Gasteiger partial charge on any atom is -0.378 e. The van der Waals surface area contributed by atoms with Crippen LogP contribution in [0, 0.1) is 10.1 Å². The van der Waals surface area contributed by atoms with Gasteiger partial charge in [0.05, 0.1) is 29.4 Å². The van der Waals surface area contributed by atoms with E-state index in [1.54, 1.807) is 6.07 Å². The molecule has 2 aromatic carbocycles. The van der Waals surface area contributed by atoms with Gasteiger partial charge in [-0.3, -0.25) is 20.2 Å². The number of nitrogens with one attached hydrogen (secondary N) is 2. The molecule has 1 amide bonds. The summed E-state index contributed by atoms with van der Waals surface area (Å²) in [5, 5.41) is 17.1. The fraction of sp³-hybridized carbons (Fsp3) is 0.391. The molecule has 9 nitrogen and oxygen atoms in total. The van der Waals surface area contributed by atoms with Gasteiger partial charge in [0, 0.05) is 49.7 Å². The summed E-state index contributed by atoms with van der Waals surface area (Å²) in [5.74, 6) is -0.498. The summed E-state index contributed by atoms with van der Waals surface area (Å²) in [6.07, 6.45) is 3.70. The number of ether oxygens (including phenoxy) is 1. The predicted octanol–water partition coefficient (Wildman–Crippen LogP) is 3.55. The second-order valence-electron chi connectivity index (χ2n) is 8.06. The highest BCUT2D eigenvalue weighted by Crippen LogP contribution is 2.27. The number of carbonyl (C=O) groups is 1. The molecule has 174 valence electrons. The lowest BCUT2D eigenvalue weighted by Crippen LogP contribution is -2.39. The summed E-state index contributed by atoms with van der Waals surface area (Å²) in [7, 11) is 0. The van der Waals surface area contributed by atoms with Gasteiger partial charge >= 0.3 is 0 Å². The number of hydrogen-bond donors (Lipinski definition) is 2. The number of thiocarbonyl (C=S) groups is 1. The summed E-state index contributed by atoms with van der Waals surface area (Å²) in [6.45, 7) is 4.40. The molecule has 10 heteroatoms. The average molecular weight is 470 g/mol. The first-order valence-corrected chi connectivity index (χ1v) is 11.5. The smallest absolute Gasteiger partial charge is 0.270 e. The van der Waals surface area contributed by atoms with Crippen LogP contribution in [0.3, 0.4) is 0 Å². The number of carbonyl (C=O) groups excluding carboxylic acids is 1. The van der Waals surface area contributed by atoms with Gasteiger partial charge in [0.15, 0.2) is 5.11 Å². The summed E-state index contributed by atoms with van der Waals surface area (Å²) in [6, 6.07) is 12.2. The van der Waals surface area contributed by atoms with Gasteiger partial charge in [-0.1, -0.05) is 0 Å². The number of amides is 1. The van der Waals surface area contributed by atoms with Crippen molar-refractivity contribution in [3.8, 4) is 0 Å². The Kier molecular flexibility index (Phi) is 7.36. The Labute approximate surface area is 197 Å². The lowest BCUT2D eigenvalue weighted by atomic mass is 10.1. The fourth-order valence-corrected chi connectivity index (χ4v) is 4.35. The number of piperidine rings is 1. The minimum absolute atomic E-state index is 0.130. The average Bonchev–Trinajstić information content (AvgIpc) is 2.85. The summed E-state index contributed by atoms with van der Waals surface area (Å²) >= 11 is 5.33. The highest BCUT2D eigenvalue weighted by Gasteiger charge is 2.22. The molecule has 2 aliphatic rings.